The zero-order chi connectivity index (χ0) is 13.7. The minimum absolute atomic E-state index is 0.213. The SMILES string of the molecule is CCOCc1nc(N)cc(OC2CCN(C)CC2)n1. The van der Waals surface area contributed by atoms with Gasteiger partial charge in [0, 0.05) is 25.8 Å². The molecule has 0 spiro atoms. The highest BCUT2D eigenvalue weighted by molar-refractivity contribution is 5.32. The third-order valence-corrected chi connectivity index (χ3v) is 3.16. The van der Waals surface area contributed by atoms with E-state index in [0.29, 0.717) is 30.7 Å². The fraction of sp³-hybridized carbons (Fsp3) is 0.692. The maximum absolute atomic E-state index is 5.89. The first-order chi connectivity index (χ1) is 9.17. The normalized spacial score (nSPS) is 17.6. The molecule has 2 heterocycles. The number of aromatic nitrogens is 2. The quantitative estimate of drug-likeness (QED) is 0.859. The molecule has 0 saturated carbocycles. The Balaban J connectivity index is 1.97. The number of nitrogen functional groups attached to an aromatic ring is 1. The van der Waals surface area contributed by atoms with Crippen LogP contribution in [0.15, 0.2) is 6.07 Å². The Morgan fingerprint density at radius 2 is 2.11 bits per heavy atom. The molecule has 6 nitrogen and oxygen atoms in total. The molecule has 1 aromatic rings. The van der Waals surface area contributed by atoms with Crippen molar-refractivity contribution in [3.05, 3.63) is 11.9 Å². The average Bonchev–Trinajstić information content (AvgIpc) is 2.38. The van der Waals surface area contributed by atoms with Crippen molar-refractivity contribution in [2.45, 2.75) is 32.5 Å². The molecule has 1 saturated heterocycles. The molecule has 0 amide bonds. The van der Waals surface area contributed by atoms with Crippen LogP contribution in [0.1, 0.15) is 25.6 Å². The van der Waals surface area contributed by atoms with E-state index in [0.717, 1.165) is 25.9 Å². The van der Waals surface area contributed by atoms with Gasteiger partial charge in [-0.15, -0.1) is 0 Å². The maximum atomic E-state index is 5.89. The molecule has 1 aliphatic rings. The summed E-state index contributed by atoms with van der Waals surface area (Å²) in [5.41, 5.74) is 5.76. The largest absolute Gasteiger partial charge is 0.474 e. The number of nitrogens with two attached hydrogens (primary N) is 1. The molecule has 0 unspecified atom stereocenters. The highest BCUT2D eigenvalue weighted by Crippen LogP contribution is 2.18. The minimum Gasteiger partial charge on any atom is -0.474 e. The first kappa shape index (κ1) is 14.0. The lowest BCUT2D eigenvalue weighted by atomic mass is 10.1. The molecule has 0 atom stereocenters. The summed E-state index contributed by atoms with van der Waals surface area (Å²) in [6.45, 7) is 5.03. The number of hydrogen-bond acceptors (Lipinski definition) is 6. The van der Waals surface area contributed by atoms with Crippen LogP contribution in [0.3, 0.4) is 0 Å². The molecule has 19 heavy (non-hydrogen) atoms. The van der Waals surface area contributed by atoms with E-state index in [1.54, 1.807) is 6.07 Å². The van der Waals surface area contributed by atoms with E-state index in [4.69, 9.17) is 15.2 Å². The fourth-order valence-electron chi connectivity index (χ4n) is 2.08. The number of likely N-dealkylation sites (tertiary alicyclic amines) is 1. The van der Waals surface area contributed by atoms with Crippen molar-refractivity contribution in [1.29, 1.82) is 0 Å². The standard InChI is InChI=1S/C13H22N4O2/c1-3-18-9-12-15-11(14)8-13(16-12)19-10-4-6-17(2)7-5-10/h8,10H,3-7,9H2,1-2H3,(H2,14,15,16). The monoisotopic (exact) mass is 266 g/mol. The Bertz CT molecular complexity index is 406. The van der Waals surface area contributed by atoms with Gasteiger partial charge in [-0.25, -0.2) is 4.98 Å². The highest BCUT2D eigenvalue weighted by atomic mass is 16.5. The van der Waals surface area contributed by atoms with Gasteiger partial charge in [-0.05, 0) is 26.8 Å². The molecule has 0 radical (unpaired) electrons. The third kappa shape index (κ3) is 4.33. The minimum atomic E-state index is 0.213. The lowest BCUT2D eigenvalue weighted by Gasteiger charge is -2.28. The van der Waals surface area contributed by atoms with Gasteiger partial charge in [0.2, 0.25) is 5.88 Å². The molecule has 0 aromatic carbocycles. The van der Waals surface area contributed by atoms with Crippen LogP contribution in [0.2, 0.25) is 0 Å². The smallest absolute Gasteiger partial charge is 0.219 e. The number of anilines is 1. The molecule has 2 rings (SSSR count). The van der Waals surface area contributed by atoms with Gasteiger partial charge in [-0.1, -0.05) is 0 Å². The van der Waals surface area contributed by atoms with Crippen LogP contribution in [-0.2, 0) is 11.3 Å². The highest BCUT2D eigenvalue weighted by Gasteiger charge is 2.19. The van der Waals surface area contributed by atoms with Crippen molar-refractivity contribution in [1.82, 2.24) is 14.9 Å². The van der Waals surface area contributed by atoms with Crippen molar-refractivity contribution in [2.24, 2.45) is 0 Å². The van der Waals surface area contributed by atoms with Gasteiger partial charge in [0.05, 0.1) is 0 Å². The summed E-state index contributed by atoms with van der Waals surface area (Å²) >= 11 is 0. The molecule has 1 aromatic heterocycles. The predicted octanol–water partition coefficient (Wildman–Crippen LogP) is 1.07. The molecular weight excluding hydrogens is 244 g/mol. The number of piperidine rings is 1. The number of nitrogens with zero attached hydrogens (tertiary/aromatic N) is 3. The maximum Gasteiger partial charge on any atom is 0.219 e. The Kier molecular flexibility index (Phi) is 4.93. The number of ether oxygens (including phenoxy) is 2. The van der Waals surface area contributed by atoms with E-state index < -0.39 is 0 Å². The summed E-state index contributed by atoms with van der Waals surface area (Å²) in [4.78, 5) is 10.8. The molecule has 1 aliphatic heterocycles. The Hall–Kier alpha value is -1.40. The van der Waals surface area contributed by atoms with Crippen molar-refractivity contribution >= 4 is 5.82 Å². The van der Waals surface area contributed by atoms with Crippen LogP contribution in [0, 0.1) is 0 Å². The van der Waals surface area contributed by atoms with Crippen molar-refractivity contribution in [2.75, 3.05) is 32.5 Å². The van der Waals surface area contributed by atoms with Crippen LogP contribution in [0.4, 0.5) is 5.82 Å². The van der Waals surface area contributed by atoms with Crippen molar-refractivity contribution in [3.8, 4) is 5.88 Å². The Morgan fingerprint density at radius 1 is 1.37 bits per heavy atom. The second kappa shape index (κ2) is 6.68. The molecule has 0 aliphatic carbocycles. The topological polar surface area (TPSA) is 73.5 Å². The molecule has 1 fully saturated rings. The van der Waals surface area contributed by atoms with Crippen LogP contribution in [0.25, 0.3) is 0 Å². The van der Waals surface area contributed by atoms with Crippen LogP contribution >= 0.6 is 0 Å². The van der Waals surface area contributed by atoms with E-state index in [1.807, 2.05) is 6.92 Å². The van der Waals surface area contributed by atoms with Gasteiger partial charge in [0.15, 0.2) is 5.82 Å². The second-order valence-corrected chi connectivity index (χ2v) is 4.80. The molecular formula is C13H22N4O2. The second-order valence-electron chi connectivity index (χ2n) is 4.80. The molecule has 106 valence electrons. The van der Waals surface area contributed by atoms with Gasteiger partial charge in [-0.2, -0.15) is 4.98 Å². The lowest BCUT2D eigenvalue weighted by molar-refractivity contribution is 0.106. The van der Waals surface area contributed by atoms with Gasteiger partial charge in [0.25, 0.3) is 0 Å². The number of hydrogen-bond donors (Lipinski definition) is 1. The summed E-state index contributed by atoms with van der Waals surface area (Å²) in [6, 6.07) is 1.67. The van der Waals surface area contributed by atoms with Gasteiger partial charge in [-0.3, -0.25) is 0 Å². The summed E-state index contributed by atoms with van der Waals surface area (Å²) in [7, 11) is 2.12. The zero-order valence-electron chi connectivity index (χ0n) is 11.6. The first-order valence-corrected chi connectivity index (χ1v) is 6.73. The van der Waals surface area contributed by atoms with Crippen molar-refractivity contribution < 1.29 is 9.47 Å². The van der Waals surface area contributed by atoms with Crippen molar-refractivity contribution in [3.63, 3.8) is 0 Å². The first-order valence-electron chi connectivity index (χ1n) is 6.73. The average molecular weight is 266 g/mol. The fourth-order valence-corrected chi connectivity index (χ4v) is 2.08. The van der Waals surface area contributed by atoms with E-state index in [-0.39, 0.29) is 6.10 Å². The van der Waals surface area contributed by atoms with Crippen LogP contribution in [0.5, 0.6) is 5.88 Å². The number of rotatable bonds is 5. The Morgan fingerprint density at radius 3 is 2.79 bits per heavy atom. The summed E-state index contributed by atoms with van der Waals surface area (Å²) in [5.74, 6) is 1.55. The van der Waals surface area contributed by atoms with E-state index in [9.17, 15) is 0 Å². The predicted molar refractivity (Wildman–Crippen MR) is 72.9 cm³/mol. The lowest BCUT2D eigenvalue weighted by Crippen LogP contribution is -2.35. The van der Waals surface area contributed by atoms with E-state index in [2.05, 4.69) is 21.9 Å². The zero-order valence-corrected chi connectivity index (χ0v) is 11.6. The van der Waals surface area contributed by atoms with Crippen LogP contribution in [-0.4, -0.2) is 47.7 Å². The van der Waals surface area contributed by atoms with Crippen LogP contribution < -0.4 is 10.5 Å². The van der Waals surface area contributed by atoms with Gasteiger partial charge >= 0.3 is 0 Å². The summed E-state index contributed by atoms with van der Waals surface area (Å²) in [5, 5.41) is 0. The molecule has 6 heteroatoms. The third-order valence-electron chi connectivity index (χ3n) is 3.16. The van der Waals surface area contributed by atoms with E-state index >= 15 is 0 Å². The van der Waals surface area contributed by atoms with E-state index in [1.165, 1.54) is 0 Å². The molecule has 0 bridgehead atoms. The Labute approximate surface area is 113 Å². The molecule has 2 N–H and O–H groups in total. The summed E-state index contributed by atoms with van der Waals surface area (Å²) < 4.78 is 11.2. The van der Waals surface area contributed by atoms with Gasteiger partial charge < -0.3 is 20.1 Å². The van der Waals surface area contributed by atoms with Gasteiger partial charge in [0.1, 0.15) is 18.5 Å². The summed E-state index contributed by atoms with van der Waals surface area (Å²) in [6.07, 6.45) is 2.24.